The van der Waals surface area contributed by atoms with Crippen LogP contribution >= 0.6 is 27.5 Å². The first kappa shape index (κ1) is 14.6. The number of urea groups is 1. The van der Waals surface area contributed by atoms with Gasteiger partial charge >= 0.3 is 6.03 Å². The number of carbonyl (C=O) groups excluding carboxylic acids is 1. The molecule has 104 valence electrons. The molecule has 1 fully saturated rings. The lowest BCUT2D eigenvalue weighted by atomic mass is 10.2. The Morgan fingerprint density at radius 1 is 1.53 bits per heavy atom. The molecular weight excluding hydrogens is 330 g/mol. The Balaban J connectivity index is 2.00. The standard InChI is InChI=1S/C13H17BrClN3O/c1-17(2)9-6-7-18(8-9)13(19)16-11-5-3-4-10(15)12(11)14/h3-5,9H,6-8H2,1-2H3,(H,16,19). The maximum Gasteiger partial charge on any atom is 0.321 e. The summed E-state index contributed by atoms with van der Waals surface area (Å²) in [5.74, 6) is 0. The van der Waals surface area contributed by atoms with Crippen molar-refractivity contribution in [3.05, 3.63) is 27.7 Å². The van der Waals surface area contributed by atoms with Gasteiger partial charge in [0.05, 0.1) is 15.2 Å². The van der Waals surface area contributed by atoms with Gasteiger partial charge < -0.3 is 15.1 Å². The Kier molecular flexibility index (Phi) is 4.71. The van der Waals surface area contributed by atoms with Gasteiger partial charge in [0.25, 0.3) is 0 Å². The SMILES string of the molecule is CN(C)C1CCN(C(=O)Nc2cccc(Cl)c2Br)C1. The number of benzene rings is 1. The van der Waals surface area contributed by atoms with Gasteiger partial charge in [0.15, 0.2) is 0 Å². The normalized spacial score (nSPS) is 19.0. The summed E-state index contributed by atoms with van der Waals surface area (Å²) < 4.78 is 0.716. The molecule has 1 N–H and O–H groups in total. The first-order valence-electron chi connectivity index (χ1n) is 6.15. The van der Waals surface area contributed by atoms with Crippen molar-refractivity contribution in [3.8, 4) is 0 Å². The third-order valence-electron chi connectivity index (χ3n) is 3.37. The number of hydrogen-bond donors (Lipinski definition) is 1. The van der Waals surface area contributed by atoms with Gasteiger partial charge in [-0.15, -0.1) is 0 Å². The van der Waals surface area contributed by atoms with Crippen LogP contribution in [0.5, 0.6) is 0 Å². The highest BCUT2D eigenvalue weighted by molar-refractivity contribution is 9.10. The summed E-state index contributed by atoms with van der Waals surface area (Å²) >= 11 is 9.38. The fourth-order valence-corrected chi connectivity index (χ4v) is 2.68. The van der Waals surface area contributed by atoms with E-state index < -0.39 is 0 Å². The summed E-state index contributed by atoms with van der Waals surface area (Å²) in [5, 5.41) is 3.48. The van der Waals surface area contributed by atoms with Gasteiger partial charge in [-0.1, -0.05) is 17.7 Å². The fraction of sp³-hybridized carbons (Fsp3) is 0.462. The fourth-order valence-electron chi connectivity index (χ4n) is 2.14. The van der Waals surface area contributed by atoms with Crippen LogP contribution in [0.4, 0.5) is 10.5 Å². The van der Waals surface area contributed by atoms with Crippen molar-refractivity contribution in [3.63, 3.8) is 0 Å². The van der Waals surface area contributed by atoms with E-state index in [1.54, 1.807) is 6.07 Å². The molecule has 19 heavy (non-hydrogen) atoms. The minimum Gasteiger partial charge on any atom is -0.323 e. The molecule has 6 heteroatoms. The molecule has 0 spiro atoms. The molecule has 4 nitrogen and oxygen atoms in total. The van der Waals surface area contributed by atoms with Gasteiger partial charge in [-0.2, -0.15) is 0 Å². The number of hydrogen-bond acceptors (Lipinski definition) is 2. The first-order chi connectivity index (χ1) is 8.99. The predicted molar refractivity (Wildman–Crippen MR) is 81.8 cm³/mol. The lowest BCUT2D eigenvalue weighted by Gasteiger charge is -2.21. The van der Waals surface area contributed by atoms with Crippen molar-refractivity contribution in [2.45, 2.75) is 12.5 Å². The van der Waals surface area contributed by atoms with Crippen LogP contribution in [0.1, 0.15) is 6.42 Å². The second-order valence-corrected chi connectivity index (χ2v) is 6.08. The zero-order valence-corrected chi connectivity index (χ0v) is 13.3. The van der Waals surface area contributed by atoms with Gasteiger partial charge in [0.1, 0.15) is 0 Å². The molecule has 1 aliphatic rings. The lowest BCUT2D eigenvalue weighted by Crippen LogP contribution is -2.36. The molecular formula is C13H17BrClN3O. The molecule has 0 saturated carbocycles. The smallest absolute Gasteiger partial charge is 0.321 e. The zero-order chi connectivity index (χ0) is 14.0. The van der Waals surface area contributed by atoms with Crippen LogP contribution in [0.15, 0.2) is 22.7 Å². The molecule has 0 aliphatic carbocycles. The summed E-state index contributed by atoms with van der Waals surface area (Å²) in [6.07, 6.45) is 1.01. The second kappa shape index (κ2) is 6.11. The number of nitrogens with one attached hydrogen (secondary N) is 1. The maximum absolute atomic E-state index is 12.2. The minimum atomic E-state index is -0.0766. The van der Waals surface area contributed by atoms with Crippen molar-refractivity contribution in [1.29, 1.82) is 0 Å². The Morgan fingerprint density at radius 3 is 2.89 bits per heavy atom. The van der Waals surface area contributed by atoms with Crippen LogP contribution in [0.2, 0.25) is 5.02 Å². The summed E-state index contributed by atoms with van der Waals surface area (Å²) in [4.78, 5) is 16.2. The van der Waals surface area contributed by atoms with Crippen LogP contribution in [-0.4, -0.2) is 49.1 Å². The Labute approximate surface area is 126 Å². The molecule has 2 rings (SSSR count). The monoisotopic (exact) mass is 345 g/mol. The van der Waals surface area contributed by atoms with E-state index in [1.165, 1.54) is 0 Å². The van der Waals surface area contributed by atoms with Crippen molar-refractivity contribution >= 4 is 39.2 Å². The predicted octanol–water partition coefficient (Wildman–Crippen LogP) is 3.27. The van der Waals surface area contributed by atoms with Crippen molar-refractivity contribution < 1.29 is 4.79 Å². The average Bonchev–Trinajstić information content (AvgIpc) is 2.84. The molecule has 1 unspecified atom stereocenters. The van der Waals surface area contributed by atoms with Gasteiger partial charge in [0, 0.05) is 19.1 Å². The molecule has 1 atom stereocenters. The maximum atomic E-state index is 12.2. The van der Waals surface area contributed by atoms with E-state index in [4.69, 9.17) is 11.6 Å². The first-order valence-corrected chi connectivity index (χ1v) is 7.32. The van der Waals surface area contributed by atoms with E-state index in [0.717, 1.165) is 19.5 Å². The number of nitrogens with zero attached hydrogens (tertiary/aromatic N) is 2. The molecule has 2 amide bonds. The van der Waals surface area contributed by atoms with Crippen LogP contribution < -0.4 is 5.32 Å². The number of likely N-dealkylation sites (N-methyl/N-ethyl adjacent to an activating group) is 1. The molecule has 1 aromatic rings. The van der Waals surface area contributed by atoms with E-state index in [9.17, 15) is 4.79 Å². The van der Waals surface area contributed by atoms with E-state index >= 15 is 0 Å². The van der Waals surface area contributed by atoms with E-state index in [1.807, 2.05) is 31.1 Å². The minimum absolute atomic E-state index is 0.0766. The number of carbonyl (C=O) groups is 1. The topological polar surface area (TPSA) is 35.6 Å². The molecule has 1 heterocycles. The number of likely N-dealkylation sites (tertiary alicyclic amines) is 1. The highest BCUT2D eigenvalue weighted by Gasteiger charge is 2.27. The van der Waals surface area contributed by atoms with Crippen molar-refractivity contribution in [2.24, 2.45) is 0 Å². The second-order valence-electron chi connectivity index (χ2n) is 4.88. The highest BCUT2D eigenvalue weighted by atomic mass is 79.9. The van der Waals surface area contributed by atoms with Gasteiger partial charge in [-0.3, -0.25) is 0 Å². The lowest BCUT2D eigenvalue weighted by molar-refractivity contribution is 0.216. The Hall–Kier alpha value is -0.780. The quantitative estimate of drug-likeness (QED) is 0.892. The van der Waals surface area contributed by atoms with Crippen molar-refractivity contribution in [1.82, 2.24) is 9.80 Å². The molecule has 0 bridgehead atoms. The molecule has 1 saturated heterocycles. The zero-order valence-electron chi connectivity index (χ0n) is 11.0. The average molecular weight is 347 g/mol. The van der Waals surface area contributed by atoms with Crippen LogP contribution in [0, 0.1) is 0 Å². The van der Waals surface area contributed by atoms with Gasteiger partial charge in [-0.25, -0.2) is 4.79 Å². The third-order valence-corrected chi connectivity index (χ3v) is 4.77. The van der Waals surface area contributed by atoms with Crippen LogP contribution in [0.3, 0.4) is 0 Å². The number of halogens is 2. The third kappa shape index (κ3) is 3.41. The van der Waals surface area contributed by atoms with Crippen LogP contribution in [0.25, 0.3) is 0 Å². The van der Waals surface area contributed by atoms with Crippen molar-refractivity contribution in [2.75, 3.05) is 32.5 Å². The van der Waals surface area contributed by atoms with Gasteiger partial charge in [0.2, 0.25) is 0 Å². The number of anilines is 1. The van der Waals surface area contributed by atoms with E-state index in [0.29, 0.717) is 21.2 Å². The highest BCUT2D eigenvalue weighted by Crippen LogP contribution is 2.30. The van der Waals surface area contributed by atoms with Gasteiger partial charge in [-0.05, 0) is 48.6 Å². The molecule has 1 aliphatic heterocycles. The van der Waals surface area contributed by atoms with E-state index in [2.05, 4.69) is 26.1 Å². The summed E-state index contributed by atoms with van der Waals surface area (Å²) in [6.45, 7) is 1.55. The Bertz CT molecular complexity index is 481. The summed E-state index contributed by atoms with van der Waals surface area (Å²) in [5.41, 5.74) is 0.700. The number of amides is 2. The summed E-state index contributed by atoms with van der Waals surface area (Å²) in [7, 11) is 4.08. The molecule has 0 radical (unpaired) electrons. The number of rotatable bonds is 2. The molecule has 1 aromatic carbocycles. The molecule has 0 aromatic heterocycles. The summed E-state index contributed by atoms with van der Waals surface area (Å²) in [6, 6.07) is 5.78. The van der Waals surface area contributed by atoms with Crippen LogP contribution in [-0.2, 0) is 0 Å². The Morgan fingerprint density at radius 2 is 2.26 bits per heavy atom. The van der Waals surface area contributed by atoms with E-state index in [-0.39, 0.29) is 6.03 Å². The largest absolute Gasteiger partial charge is 0.323 e.